The summed E-state index contributed by atoms with van der Waals surface area (Å²) in [6.07, 6.45) is 6.19. The van der Waals surface area contributed by atoms with E-state index in [4.69, 9.17) is 0 Å². The van der Waals surface area contributed by atoms with Gasteiger partial charge >= 0.3 is 0 Å². The van der Waals surface area contributed by atoms with Crippen LogP contribution in [0.4, 0.5) is 4.39 Å². The predicted octanol–water partition coefficient (Wildman–Crippen LogP) is 2.59. The third kappa shape index (κ3) is 1.97. The zero-order valence-electron chi connectivity index (χ0n) is 10.1. The van der Waals surface area contributed by atoms with Crippen LogP contribution >= 0.6 is 0 Å². The second-order valence-electron chi connectivity index (χ2n) is 5.28. The highest BCUT2D eigenvalue weighted by atomic mass is 19.1. The minimum absolute atomic E-state index is 0.0227. The summed E-state index contributed by atoms with van der Waals surface area (Å²) in [5.74, 6) is 0.0227. The lowest BCUT2D eigenvalue weighted by molar-refractivity contribution is 0.0718. The van der Waals surface area contributed by atoms with Crippen molar-refractivity contribution in [3.63, 3.8) is 0 Å². The van der Waals surface area contributed by atoms with Crippen molar-refractivity contribution in [2.75, 3.05) is 13.1 Å². The van der Waals surface area contributed by atoms with Crippen molar-refractivity contribution >= 4 is 0 Å². The van der Waals surface area contributed by atoms with Gasteiger partial charge in [-0.05, 0) is 56.8 Å². The van der Waals surface area contributed by atoms with E-state index in [1.165, 1.54) is 5.56 Å². The number of aromatic nitrogens is 1. The fourth-order valence-electron chi connectivity index (χ4n) is 3.30. The van der Waals surface area contributed by atoms with Crippen LogP contribution < -0.4 is 5.32 Å². The van der Waals surface area contributed by atoms with Crippen LogP contribution in [0.3, 0.4) is 0 Å². The van der Waals surface area contributed by atoms with Crippen LogP contribution in [-0.4, -0.2) is 23.7 Å². The molecule has 17 heavy (non-hydrogen) atoms. The summed E-state index contributed by atoms with van der Waals surface area (Å²) in [7, 11) is 0. The van der Waals surface area contributed by atoms with Crippen molar-refractivity contribution in [3.8, 4) is 0 Å². The normalized spacial score (nSPS) is 27.5. The summed E-state index contributed by atoms with van der Waals surface area (Å²) in [6, 6.07) is 4.08. The van der Waals surface area contributed by atoms with Gasteiger partial charge < -0.3 is 5.32 Å². The van der Waals surface area contributed by atoms with E-state index in [0.29, 0.717) is 12.8 Å². The van der Waals surface area contributed by atoms with Crippen molar-refractivity contribution < 1.29 is 4.39 Å². The van der Waals surface area contributed by atoms with Crippen LogP contribution in [0.5, 0.6) is 0 Å². The number of nitrogens with one attached hydrogen (secondary N) is 1. The number of alkyl halides is 1. The van der Waals surface area contributed by atoms with Gasteiger partial charge in [0.1, 0.15) is 5.67 Å². The van der Waals surface area contributed by atoms with Gasteiger partial charge in [-0.3, -0.25) is 4.98 Å². The highest BCUT2D eigenvalue weighted by molar-refractivity contribution is 5.29. The monoisotopic (exact) mass is 234 g/mol. The fourth-order valence-corrected chi connectivity index (χ4v) is 3.30. The van der Waals surface area contributed by atoms with Crippen LogP contribution in [0.15, 0.2) is 18.3 Å². The number of nitrogens with zero attached hydrogens (tertiary/aromatic N) is 1. The number of pyridine rings is 1. The maximum atomic E-state index is 15.1. The zero-order chi connectivity index (χ0) is 11.7. The summed E-state index contributed by atoms with van der Waals surface area (Å²) < 4.78 is 15.1. The maximum Gasteiger partial charge on any atom is 0.121 e. The summed E-state index contributed by atoms with van der Waals surface area (Å²) in [6.45, 7) is 1.60. The molecule has 0 saturated carbocycles. The van der Waals surface area contributed by atoms with Gasteiger partial charge in [-0.2, -0.15) is 0 Å². The predicted molar refractivity (Wildman–Crippen MR) is 65.9 cm³/mol. The number of hydrogen-bond acceptors (Lipinski definition) is 2. The third-order valence-electron chi connectivity index (χ3n) is 4.25. The maximum absolute atomic E-state index is 15.1. The quantitative estimate of drug-likeness (QED) is 0.808. The molecule has 92 valence electrons. The van der Waals surface area contributed by atoms with E-state index in [1.54, 1.807) is 0 Å². The van der Waals surface area contributed by atoms with E-state index in [-0.39, 0.29) is 5.92 Å². The Labute approximate surface area is 102 Å². The number of aryl methyl sites for hydroxylation is 1. The van der Waals surface area contributed by atoms with Crippen molar-refractivity contribution in [1.82, 2.24) is 10.3 Å². The Kier molecular flexibility index (Phi) is 2.87. The summed E-state index contributed by atoms with van der Waals surface area (Å²) >= 11 is 0. The molecule has 2 aliphatic rings. The van der Waals surface area contributed by atoms with Crippen LogP contribution in [0.25, 0.3) is 0 Å². The lowest BCUT2D eigenvalue weighted by atomic mass is 9.73. The molecule has 1 aliphatic heterocycles. The minimum atomic E-state index is -1.03. The fraction of sp³-hybridized carbons (Fsp3) is 0.643. The third-order valence-corrected chi connectivity index (χ3v) is 4.25. The van der Waals surface area contributed by atoms with Gasteiger partial charge in [-0.25, -0.2) is 4.39 Å². The van der Waals surface area contributed by atoms with Gasteiger partial charge in [0.05, 0.1) is 0 Å². The molecule has 1 atom stereocenters. The van der Waals surface area contributed by atoms with Crippen molar-refractivity contribution in [1.29, 1.82) is 0 Å². The van der Waals surface area contributed by atoms with Crippen LogP contribution in [-0.2, 0) is 6.42 Å². The van der Waals surface area contributed by atoms with Gasteiger partial charge in [0, 0.05) is 17.8 Å². The van der Waals surface area contributed by atoms with E-state index in [1.807, 2.05) is 12.3 Å². The molecule has 1 unspecified atom stereocenters. The Morgan fingerprint density at radius 3 is 3.00 bits per heavy atom. The molecule has 1 aliphatic carbocycles. The van der Waals surface area contributed by atoms with Crippen molar-refractivity contribution in [2.24, 2.45) is 0 Å². The van der Waals surface area contributed by atoms with E-state index < -0.39 is 5.67 Å². The molecule has 1 fully saturated rings. The molecule has 0 aromatic carbocycles. The van der Waals surface area contributed by atoms with Gasteiger partial charge in [0.25, 0.3) is 0 Å². The largest absolute Gasteiger partial charge is 0.316 e. The topological polar surface area (TPSA) is 24.9 Å². The number of rotatable bonds is 1. The average Bonchev–Trinajstić information content (AvgIpc) is 2.39. The molecule has 3 heteroatoms. The molecule has 3 rings (SSSR count). The highest BCUT2D eigenvalue weighted by Crippen LogP contribution is 2.44. The summed E-state index contributed by atoms with van der Waals surface area (Å²) in [5.41, 5.74) is 1.26. The number of fused-ring (bicyclic) bond motifs is 1. The SMILES string of the molecule is FC1(C2CCCc3cccnc32)CCNCC1. The van der Waals surface area contributed by atoms with Crippen molar-refractivity contribution in [2.45, 2.75) is 43.7 Å². The van der Waals surface area contributed by atoms with Crippen LogP contribution in [0.1, 0.15) is 42.9 Å². The second kappa shape index (κ2) is 4.37. The number of hydrogen-bond donors (Lipinski definition) is 1. The van der Waals surface area contributed by atoms with Gasteiger partial charge in [-0.1, -0.05) is 6.07 Å². The first kappa shape index (κ1) is 11.1. The number of piperidine rings is 1. The van der Waals surface area contributed by atoms with E-state index in [2.05, 4.69) is 16.4 Å². The molecule has 0 spiro atoms. The summed E-state index contributed by atoms with van der Waals surface area (Å²) in [4.78, 5) is 4.46. The second-order valence-corrected chi connectivity index (χ2v) is 5.28. The van der Waals surface area contributed by atoms with Crippen LogP contribution in [0.2, 0.25) is 0 Å². The van der Waals surface area contributed by atoms with Gasteiger partial charge in [0.15, 0.2) is 0 Å². The standard InChI is InChI=1S/C14H19FN2/c15-14(6-9-16-10-7-14)12-5-1-3-11-4-2-8-17-13(11)12/h2,4,8,12,16H,1,3,5-7,9-10H2. The van der Waals surface area contributed by atoms with Gasteiger partial charge in [-0.15, -0.1) is 0 Å². The molecule has 0 amide bonds. The molecule has 0 radical (unpaired) electrons. The van der Waals surface area contributed by atoms with Crippen molar-refractivity contribution in [3.05, 3.63) is 29.6 Å². The first-order chi connectivity index (χ1) is 8.30. The molecular formula is C14H19FN2. The highest BCUT2D eigenvalue weighted by Gasteiger charge is 2.43. The molecule has 0 bridgehead atoms. The Balaban J connectivity index is 1.94. The minimum Gasteiger partial charge on any atom is -0.316 e. The van der Waals surface area contributed by atoms with E-state index in [9.17, 15) is 0 Å². The zero-order valence-corrected chi connectivity index (χ0v) is 10.1. The molecule has 1 saturated heterocycles. The summed E-state index contributed by atoms with van der Waals surface area (Å²) in [5, 5.41) is 3.24. The molecule has 1 aromatic heterocycles. The Hall–Kier alpha value is -0.960. The Morgan fingerprint density at radius 1 is 1.35 bits per heavy atom. The van der Waals surface area contributed by atoms with Gasteiger partial charge in [0.2, 0.25) is 0 Å². The first-order valence-electron chi connectivity index (χ1n) is 6.63. The van der Waals surface area contributed by atoms with E-state index in [0.717, 1.165) is 38.0 Å². The molecular weight excluding hydrogens is 215 g/mol. The molecule has 2 heterocycles. The van der Waals surface area contributed by atoms with Crippen LogP contribution in [0, 0.1) is 0 Å². The smallest absolute Gasteiger partial charge is 0.121 e. The first-order valence-corrected chi connectivity index (χ1v) is 6.63. The lowest BCUT2D eigenvalue weighted by Crippen LogP contribution is -2.44. The van der Waals surface area contributed by atoms with E-state index >= 15 is 4.39 Å². The Bertz CT molecular complexity index is 399. The molecule has 1 N–H and O–H groups in total. The average molecular weight is 234 g/mol. The molecule has 1 aromatic rings. The Morgan fingerprint density at radius 2 is 2.18 bits per heavy atom. The lowest BCUT2D eigenvalue weighted by Gasteiger charge is -2.39. The number of halogens is 1. The molecule has 2 nitrogen and oxygen atoms in total.